The molecular formula is C22H34Br2N2. The fourth-order valence-electron chi connectivity index (χ4n) is 4.85. The second-order valence-electron chi connectivity index (χ2n) is 8.57. The summed E-state index contributed by atoms with van der Waals surface area (Å²) in [7, 11) is 0. The van der Waals surface area contributed by atoms with Crippen LogP contribution < -0.4 is 5.73 Å². The normalized spacial score (nSPS) is 24.9. The molecule has 0 heterocycles. The number of rotatable bonds is 7. The Hall–Kier alpha value is 0.1000. The van der Waals surface area contributed by atoms with Crippen LogP contribution in [0.25, 0.3) is 0 Å². The molecule has 2 nitrogen and oxygen atoms in total. The van der Waals surface area contributed by atoms with E-state index in [9.17, 15) is 0 Å². The smallest absolute Gasteiger partial charge is 0.0320 e. The Morgan fingerprint density at radius 3 is 2.04 bits per heavy atom. The molecule has 0 bridgehead atoms. The van der Waals surface area contributed by atoms with Gasteiger partial charge in [-0.3, -0.25) is 4.90 Å². The summed E-state index contributed by atoms with van der Waals surface area (Å²) < 4.78 is 2.30. The van der Waals surface area contributed by atoms with Crippen molar-refractivity contribution in [1.82, 2.24) is 4.90 Å². The van der Waals surface area contributed by atoms with Crippen LogP contribution >= 0.6 is 31.9 Å². The van der Waals surface area contributed by atoms with Crippen molar-refractivity contribution in [1.29, 1.82) is 0 Å². The van der Waals surface area contributed by atoms with Gasteiger partial charge in [0.2, 0.25) is 0 Å². The van der Waals surface area contributed by atoms with Gasteiger partial charge >= 0.3 is 0 Å². The lowest BCUT2D eigenvalue weighted by Gasteiger charge is -2.35. The van der Waals surface area contributed by atoms with Gasteiger partial charge in [-0.2, -0.15) is 0 Å². The molecule has 146 valence electrons. The Kier molecular flexibility index (Phi) is 8.48. The molecule has 0 unspecified atom stereocenters. The molecule has 2 N–H and O–H groups in total. The highest BCUT2D eigenvalue weighted by atomic mass is 79.9. The average molecular weight is 486 g/mol. The summed E-state index contributed by atoms with van der Waals surface area (Å²) in [4.78, 5) is 2.76. The third-order valence-corrected chi connectivity index (χ3v) is 8.33. The van der Waals surface area contributed by atoms with Crippen LogP contribution in [0.5, 0.6) is 0 Å². The predicted octanol–water partition coefficient (Wildman–Crippen LogP) is 6.36. The van der Waals surface area contributed by atoms with Crippen molar-refractivity contribution >= 4 is 31.9 Å². The average Bonchev–Trinajstić information content (AvgIpc) is 2.66. The molecule has 2 saturated carbocycles. The van der Waals surface area contributed by atoms with E-state index in [-0.39, 0.29) is 0 Å². The van der Waals surface area contributed by atoms with E-state index in [1.165, 1.54) is 76.4 Å². The molecule has 2 fully saturated rings. The minimum atomic E-state index is 0.778. The Labute approximate surface area is 176 Å². The van der Waals surface area contributed by atoms with Crippen LogP contribution in [0.4, 0.5) is 0 Å². The Morgan fingerprint density at radius 2 is 1.42 bits per heavy atom. The van der Waals surface area contributed by atoms with E-state index < -0.39 is 0 Å². The van der Waals surface area contributed by atoms with Crippen LogP contribution in [0.3, 0.4) is 0 Å². The van der Waals surface area contributed by atoms with Crippen molar-refractivity contribution in [2.45, 2.75) is 64.3 Å². The van der Waals surface area contributed by atoms with Gasteiger partial charge < -0.3 is 5.73 Å². The highest BCUT2D eigenvalue weighted by molar-refractivity contribution is 9.13. The number of hydrogen-bond donors (Lipinski definition) is 1. The number of hydrogen-bond acceptors (Lipinski definition) is 2. The zero-order valence-corrected chi connectivity index (χ0v) is 19.1. The molecule has 3 rings (SSSR count). The molecule has 2 aliphatic rings. The van der Waals surface area contributed by atoms with Gasteiger partial charge in [0.1, 0.15) is 0 Å². The number of halogens is 2. The molecule has 1 aromatic carbocycles. The first-order chi connectivity index (χ1) is 12.6. The van der Waals surface area contributed by atoms with Gasteiger partial charge in [0.05, 0.1) is 0 Å². The summed E-state index contributed by atoms with van der Waals surface area (Å²) in [6, 6.07) is 6.72. The lowest BCUT2D eigenvalue weighted by atomic mass is 9.81. The zero-order valence-electron chi connectivity index (χ0n) is 15.9. The summed E-state index contributed by atoms with van der Waals surface area (Å²) in [5.41, 5.74) is 7.31. The zero-order chi connectivity index (χ0) is 18.4. The molecule has 2 aliphatic carbocycles. The number of nitrogens with two attached hydrogens (primary N) is 1. The van der Waals surface area contributed by atoms with Crippen molar-refractivity contribution < 1.29 is 0 Å². The molecule has 0 saturated heterocycles. The van der Waals surface area contributed by atoms with Gasteiger partial charge in [0, 0.05) is 28.6 Å². The third kappa shape index (κ3) is 6.32. The topological polar surface area (TPSA) is 29.3 Å². The first-order valence-electron chi connectivity index (χ1n) is 10.5. The van der Waals surface area contributed by atoms with E-state index in [0.29, 0.717) is 0 Å². The highest BCUT2D eigenvalue weighted by Gasteiger charge is 2.24. The Morgan fingerprint density at radius 1 is 0.808 bits per heavy atom. The van der Waals surface area contributed by atoms with Crippen molar-refractivity contribution in [2.24, 2.45) is 23.5 Å². The highest BCUT2D eigenvalue weighted by Crippen LogP contribution is 2.31. The largest absolute Gasteiger partial charge is 0.330 e. The fraction of sp³-hybridized carbons (Fsp3) is 0.727. The van der Waals surface area contributed by atoms with E-state index in [1.54, 1.807) is 0 Å². The molecule has 26 heavy (non-hydrogen) atoms. The third-order valence-electron chi connectivity index (χ3n) is 6.45. The lowest BCUT2D eigenvalue weighted by Crippen LogP contribution is -2.36. The number of benzene rings is 1. The van der Waals surface area contributed by atoms with Gasteiger partial charge in [0.15, 0.2) is 0 Å². The summed E-state index contributed by atoms with van der Waals surface area (Å²) in [5, 5.41) is 0. The minimum absolute atomic E-state index is 0.778. The summed E-state index contributed by atoms with van der Waals surface area (Å²) in [5.74, 6) is 2.55. The van der Waals surface area contributed by atoms with Crippen molar-refractivity contribution in [3.63, 3.8) is 0 Å². The van der Waals surface area contributed by atoms with E-state index in [1.807, 2.05) is 0 Å². The molecule has 0 aromatic heterocycles. The van der Waals surface area contributed by atoms with Crippen molar-refractivity contribution in [3.05, 3.63) is 32.7 Å². The predicted molar refractivity (Wildman–Crippen MR) is 118 cm³/mol. The van der Waals surface area contributed by atoms with Gasteiger partial charge in [-0.05, 0) is 112 Å². The molecular weight excluding hydrogens is 452 g/mol. The maximum absolute atomic E-state index is 5.88. The maximum atomic E-state index is 5.88. The molecule has 1 aromatic rings. The fourth-order valence-corrected chi connectivity index (χ4v) is 5.52. The van der Waals surface area contributed by atoms with Crippen LogP contribution in [0, 0.1) is 17.8 Å². The Balaban J connectivity index is 1.61. The Bertz CT molecular complexity index is 549. The first-order valence-corrected chi connectivity index (χ1v) is 12.1. The van der Waals surface area contributed by atoms with Crippen molar-refractivity contribution in [3.8, 4) is 0 Å². The number of nitrogens with zero attached hydrogens (tertiary/aromatic N) is 1. The second-order valence-corrected chi connectivity index (χ2v) is 10.3. The van der Waals surface area contributed by atoms with E-state index in [4.69, 9.17) is 5.73 Å². The van der Waals surface area contributed by atoms with Gasteiger partial charge in [-0.1, -0.05) is 25.3 Å². The molecule has 0 aliphatic heterocycles. The second kappa shape index (κ2) is 10.6. The molecule has 0 radical (unpaired) electrons. The molecule has 0 atom stereocenters. The SMILES string of the molecule is NCC1CCC(CN(Cc2ccc(Br)c(Br)c2)CC2CCCCC2)CC1. The van der Waals surface area contributed by atoms with Crippen LogP contribution in [0.2, 0.25) is 0 Å². The van der Waals surface area contributed by atoms with E-state index >= 15 is 0 Å². The van der Waals surface area contributed by atoms with E-state index in [2.05, 4.69) is 55.0 Å². The summed E-state index contributed by atoms with van der Waals surface area (Å²) in [6.07, 6.45) is 12.6. The van der Waals surface area contributed by atoms with Crippen LogP contribution in [-0.4, -0.2) is 24.5 Å². The molecule has 0 spiro atoms. The first kappa shape index (κ1) is 20.8. The monoisotopic (exact) mass is 484 g/mol. The summed E-state index contributed by atoms with van der Waals surface area (Å²) in [6.45, 7) is 4.51. The maximum Gasteiger partial charge on any atom is 0.0320 e. The lowest BCUT2D eigenvalue weighted by molar-refractivity contribution is 0.143. The van der Waals surface area contributed by atoms with Gasteiger partial charge in [-0.15, -0.1) is 0 Å². The van der Waals surface area contributed by atoms with Gasteiger partial charge in [-0.25, -0.2) is 0 Å². The van der Waals surface area contributed by atoms with Crippen LogP contribution in [-0.2, 0) is 6.54 Å². The van der Waals surface area contributed by atoms with E-state index in [0.717, 1.165) is 39.8 Å². The molecule has 0 amide bonds. The molecule has 4 heteroatoms. The van der Waals surface area contributed by atoms with Crippen LogP contribution in [0.15, 0.2) is 27.1 Å². The quantitative estimate of drug-likeness (QED) is 0.486. The minimum Gasteiger partial charge on any atom is -0.330 e. The standard InChI is InChI=1S/C22H34Br2N2/c23-21-11-10-20(12-22(21)24)16-26(14-18-4-2-1-3-5-18)15-19-8-6-17(13-25)7-9-19/h10-12,17-19H,1-9,13-16,25H2. The summed E-state index contributed by atoms with van der Waals surface area (Å²) >= 11 is 7.27. The van der Waals surface area contributed by atoms with Crippen molar-refractivity contribution in [2.75, 3.05) is 19.6 Å². The van der Waals surface area contributed by atoms with Crippen LogP contribution in [0.1, 0.15) is 63.4 Å². The van der Waals surface area contributed by atoms with Gasteiger partial charge in [0.25, 0.3) is 0 Å².